The minimum absolute atomic E-state index is 0.254. The van der Waals surface area contributed by atoms with E-state index in [1.807, 2.05) is 79.7 Å². The normalized spacial score (nSPS) is 25.2. The molecular weight excluding hydrogens is 492 g/mol. The summed E-state index contributed by atoms with van der Waals surface area (Å²) in [5, 5.41) is 0.672. The molecule has 0 radical (unpaired) electrons. The molecule has 0 saturated carbocycles. The predicted octanol–water partition coefficient (Wildman–Crippen LogP) is 6.21. The molecule has 37 heavy (non-hydrogen) atoms. The van der Waals surface area contributed by atoms with Gasteiger partial charge in [-0.15, -0.1) is 0 Å². The topological polar surface area (TPSA) is 63.2 Å². The molecule has 5 unspecified atom stereocenters. The third-order valence-electron chi connectivity index (χ3n) is 6.66. The quantitative estimate of drug-likeness (QED) is 0.344. The highest BCUT2D eigenvalue weighted by atomic mass is 35.5. The lowest BCUT2D eigenvalue weighted by Crippen LogP contribution is -2.51. The van der Waals surface area contributed by atoms with Gasteiger partial charge in [-0.1, -0.05) is 66.2 Å². The Balaban J connectivity index is 1.35. The summed E-state index contributed by atoms with van der Waals surface area (Å²) in [6.45, 7) is 4.40. The first-order valence-corrected chi connectivity index (χ1v) is 13.0. The van der Waals surface area contributed by atoms with Crippen molar-refractivity contribution in [1.82, 2.24) is 0 Å². The zero-order valence-electron chi connectivity index (χ0n) is 21.0. The van der Waals surface area contributed by atoms with Crippen molar-refractivity contribution in [3.8, 4) is 5.75 Å². The van der Waals surface area contributed by atoms with Crippen LogP contribution in [-0.4, -0.2) is 37.5 Å². The molecule has 3 aromatic rings. The number of carbonyl (C=O) groups is 1. The minimum Gasteiger partial charge on any atom is -0.494 e. The van der Waals surface area contributed by atoms with Crippen LogP contribution in [0.2, 0.25) is 5.02 Å². The molecule has 5 rings (SSSR count). The van der Waals surface area contributed by atoms with Gasteiger partial charge in [-0.25, -0.2) is 0 Å². The zero-order chi connectivity index (χ0) is 25.8. The van der Waals surface area contributed by atoms with Crippen molar-refractivity contribution in [2.24, 2.45) is 0 Å². The Morgan fingerprint density at radius 2 is 1.76 bits per heavy atom. The van der Waals surface area contributed by atoms with E-state index in [1.165, 1.54) is 6.92 Å². The molecule has 2 fully saturated rings. The highest BCUT2D eigenvalue weighted by Crippen LogP contribution is 2.41. The Bertz CT molecular complexity index is 1200. The number of halogens is 1. The standard InChI is InChI=1S/C30H31ClO6/c1-3-33-24-12-9-20(10-13-24)15-23-16-22(11-14-25(23)31)29-27(35-19(2)32)17-26-28(36-29)18-34-30(37-26)21-7-5-4-6-8-21/h4-14,16,26-30H,3,15,17-18H2,1-2H3. The van der Waals surface area contributed by atoms with Crippen LogP contribution < -0.4 is 4.74 Å². The van der Waals surface area contributed by atoms with E-state index in [0.717, 1.165) is 28.0 Å². The van der Waals surface area contributed by atoms with Crippen LogP contribution in [0.5, 0.6) is 5.75 Å². The Morgan fingerprint density at radius 1 is 0.973 bits per heavy atom. The Labute approximate surface area is 222 Å². The first-order valence-electron chi connectivity index (χ1n) is 12.6. The summed E-state index contributed by atoms with van der Waals surface area (Å²) in [7, 11) is 0. The number of rotatable bonds is 7. The molecule has 0 aliphatic carbocycles. The van der Waals surface area contributed by atoms with Gasteiger partial charge in [-0.05, 0) is 48.2 Å². The van der Waals surface area contributed by atoms with E-state index in [4.69, 9.17) is 35.3 Å². The van der Waals surface area contributed by atoms with E-state index in [-0.39, 0.29) is 18.2 Å². The van der Waals surface area contributed by atoms with Crippen LogP contribution in [0.3, 0.4) is 0 Å². The van der Waals surface area contributed by atoms with Gasteiger partial charge in [0.15, 0.2) is 6.29 Å². The van der Waals surface area contributed by atoms with Crippen LogP contribution >= 0.6 is 11.6 Å². The summed E-state index contributed by atoms with van der Waals surface area (Å²) >= 11 is 6.58. The van der Waals surface area contributed by atoms with Gasteiger partial charge in [0.25, 0.3) is 0 Å². The maximum Gasteiger partial charge on any atom is 0.303 e. The number of carbonyl (C=O) groups excluding carboxylic acids is 1. The van der Waals surface area contributed by atoms with Gasteiger partial charge in [0.1, 0.15) is 24.1 Å². The van der Waals surface area contributed by atoms with Gasteiger partial charge >= 0.3 is 5.97 Å². The number of hydrogen-bond acceptors (Lipinski definition) is 6. The van der Waals surface area contributed by atoms with E-state index in [9.17, 15) is 4.79 Å². The fraction of sp³-hybridized carbons (Fsp3) is 0.367. The molecule has 7 heteroatoms. The summed E-state index contributed by atoms with van der Waals surface area (Å²) in [5.41, 5.74) is 3.93. The molecule has 2 heterocycles. The summed E-state index contributed by atoms with van der Waals surface area (Å²) in [4.78, 5) is 12.0. The van der Waals surface area contributed by atoms with Gasteiger partial charge in [-0.3, -0.25) is 4.79 Å². The largest absolute Gasteiger partial charge is 0.494 e. The fourth-order valence-corrected chi connectivity index (χ4v) is 5.12. The first kappa shape index (κ1) is 25.7. The first-order chi connectivity index (χ1) is 18.0. The molecule has 194 valence electrons. The van der Waals surface area contributed by atoms with Crippen LogP contribution in [0.15, 0.2) is 72.8 Å². The van der Waals surface area contributed by atoms with Crippen molar-refractivity contribution in [1.29, 1.82) is 0 Å². The second-order valence-corrected chi connectivity index (χ2v) is 9.74. The Hall–Kier alpha value is -2.90. The van der Waals surface area contributed by atoms with Gasteiger partial charge < -0.3 is 23.7 Å². The number of hydrogen-bond donors (Lipinski definition) is 0. The molecule has 0 bridgehead atoms. The van der Waals surface area contributed by atoms with E-state index in [0.29, 0.717) is 31.1 Å². The van der Waals surface area contributed by atoms with Gasteiger partial charge in [-0.2, -0.15) is 0 Å². The van der Waals surface area contributed by atoms with Crippen molar-refractivity contribution in [2.45, 2.75) is 57.4 Å². The molecule has 2 saturated heterocycles. The van der Waals surface area contributed by atoms with Crippen LogP contribution in [0.25, 0.3) is 0 Å². The Kier molecular flexibility index (Phi) is 8.11. The molecule has 5 atom stereocenters. The summed E-state index contributed by atoms with van der Waals surface area (Å²) < 4.78 is 30.0. The summed E-state index contributed by atoms with van der Waals surface area (Å²) in [6, 6.07) is 23.7. The van der Waals surface area contributed by atoms with Crippen LogP contribution in [-0.2, 0) is 30.2 Å². The molecule has 3 aromatic carbocycles. The maximum absolute atomic E-state index is 12.0. The molecule has 0 aromatic heterocycles. The highest BCUT2D eigenvalue weighted by Gasteiger charge is 2.45. The van der Waals surface area contributed by atoms with Gasteiger partial charge in [0, 0.05) is 23.9 Å². The number of fused-ring (bicyclic) bond motifs is 1. The molecule has 2 aliphatic rings. The van der Waals surface area contributed by atoms with Crippen LogP contribution in [0.4, 0.5) is 0 Å². The second-order valence-electron chi connectivity index (χ2n) is 9.33. The predicted molar refractivity (Wildman–Crippen MR) is 140 cm³/mol. The Morgan fingerprint density at radius 3 is 2.49 bits per heavy atom. The van der Waals surface area contributed by atoms with Gasteiger partial charge in [0.2, 0.25) is 0 Å². The van der Waals surface area contributed by atoms with Crippen molar-refractivity contribution in [3.63, 3.8) is 0 Å². The van der Waals surface area contributed by atoms with Crippen molar-refractivity contribution < 1.29 is 28.5 Å². The number of ether oxygens (including phenoxy) is 5. The van der Waals surface area contributed by atoms with E-state index >= 15 is 0 Å². The average molecular weight is 523 g/mol. The zero-order valence-corrected chi connectivity index (χ0v) is 21.7. The number of esters is 1. The summed E-state index contributed by atoms with van der Waals surface area (Å²) in [5.74, 6) is 0.485. The molecular formula is C30H31ClO6. The molecule has 2 aliphatic heterocycles. The SMILES string of the molecule is CCOc1ccc(Cc2cc(C3OC4COC(c5ccccc5)OC4CC3OC(C)=O)ccc2Cl)cc1. The molecule has 0 amide bonds. The maximum atomic E-state index is 12.0. The van der Waals surface area contributed by atoms with E-state index in [1.54, 1.807) is 0 Å². The van der Waals surface area contributed by atoms with Crippen molar-refractivity contribution >= 4 is 17.6 Å². The highest BCUT2D eigenvalue weighted by molar-refractivity contribution is 6.31. The monoisotopic (exact) mass is 522 g/mol. The summed E-state index contributed by atoms with van der Waals surface area (Å²) in [6.07, 6.45) is -0.789. The van der Waals surface area contributed by atoms with Crippen molar-refractivity contribution in [3.05, 3.63) is 100 Å². The molecule has 0 N–H and O–H groups in total. The third-order valence-corrected chi connectivity index (χ3v) is 7.03. The fourth-order valence-electron chi connectivity index (χ4n) is 4.94. The lowest BCUT2D eigenvalue weighted by molar-refractivity contribution is -0.304. The molecule has 0 spiro atoms. The smallest absolute Gasteiger partial charge is 0.303 e. The second kappa shape index (κ2) is 11.7. The van der Waals surface area contributed by atoms with Crippen LogP contribution in [0.1, 0.15) is 54.9 Å². The lowest BCUT2D eigenvalue weighted by atomic mass is 9.91. The average Bonchev–Trinajstić information content (AvgIpc) is 2.91. The molecule has 6 nitrogen and oxygen atoms in total. The van der Waals surface area contributed by atoms with E-state index < -0.39 is 18.5 Å². The van der Waals surface area contributed by atoms with Gasteiger partial charge in [0.05, 0.1) is 19.3 Å². The van der Waals surface area contributed by atoms with E-state index in [2.05, 4.69) is 0 Å². The van der Waals surface area contributed by atoms with Crippen molar-refractivity contribution in [2.75, 3.05) is 13.2 Å². The third kappa shape index (κ3) is 6.16. The minimum atomic E-state index is -0.493. The number of benzene rings is 3. The van der Waals surface area contributed by atoms with Crippen LogP contribution in [0, 0.1) is 0 Å². The lowest BCUT2D eigenvalue weighted by Gasteiger charge is -2.45.